The van der Waals surface area contributed by atoms with Crippen LogP contribution in [-0.2, 0) is 16.6 Å². The number of anilines is 3. The monoisotopic (exact) mass is 293 g/mol. The SMILES string of the molecule is Nc1ccc(NCc2ccc(S(N)(=O)=O)cc2)nc1N. The molecule has 0 amide bonds. The first kappa shape index (κ1) is 14.1. The van der Waals surface area contributed by atoms with Crippen LogP contribution in [0, 0.1) is 0 Å². The van der Waals surface area contributed by atoms with Gasteiger partial charge in [0.15, 0.2) is 0 Å². The van der Waals surface area contributed by atoms with Crippen molar-refractivity contribution in [1.29, 1.82) is 0 Å². The molecule has 0 aliphatic heterocycles. The van der Waals surface area contributed by atoms with E-state index >= 15 is 0 Å². The van der Waals surface area contributed by atoms with E-state index in [9.17, 15) is 8.42 Å². The zero-order valence-electron chi connectivity index (χ0n) is 10.6. The molecule has 0 unspecified atom stereocenters. The van der Waals surface area contributed by atoms with Crippen molar-refractivity contribution >= 4 is 27.3 Å². The smallest absolute Gasteiger partial charge is 0.238 e. The van der Waals surface area contributed by atoms with Crippen LogP contribution in [0.1, 0.15) is 5.56 Å². The fraction of sp³-hybridized carbons (Fsp3) is 0.0833. The van der Waals surface area contributed by atoms with E-state index in [0.29, 0.717) is 18.1 Å². The van der Waals surface area contributed by atoms with Crippen molar-refractivity contribution in [2.24, 2.45) is 5.14 Å². The van der Waals surface area contributed by atoms with Gasteiger partial charge < -0.3 is 16.8 Å². The van der Waals surface area contributed by atoms with Crippen LogP contribution >= 0.6 is 0 Å². The molecule has 0 bridgehead atoms. The van der Waals surface area contributed by atoms with Crippen LogP contribution < -0.4 is 21.9 Å². The number of nitrogen functional groups attached to an aromatic ring is 2. The van der Waals surface area contributed by atoms with Gasteiger partial charge in [-0.25, -0.2) is 18.5 Å². The summed E-state index contributed by atoms with van der Waals surface area (Å²) in [5.41, 5.74) is 12.5. The Morgan fingerprint density at radius 1 is 1.05 bits per heavy atom. The van der Waals surface area contributed by atoms with Gasteiger partial charge in [-0.2, -0.15) is 0 Å². The summed E-state index contributed by atoms with van der Waals surface area (Å²) in [6, 6.07) is 9.63. The number of nitrogens with two attached hydrogens (primary N) is 3. The Morgan fingerprint density at radius 3 is 2.25 bits per heavy atom. The largest absolute Gasteiger partial charge is 0.396 e. The lowest BCUT2D eigenvalue weighted by atomic mass is 10.2. The van der Waals surface area contributed by atoms with Gasteiger partial charge in [0.1, 0.15) is 11.6 Å². The molecule has 0 spiro atoms. The van der Waals surface area contributed by atoms with Crippen molar-refractivity contribution in [3.63, 3.8) is 0 Å². The fourth-order valence-electron chi connectivity index (χ4n) is 1.57. The van der Waals surface area contributed by atoms with Crippen LogP contribution in [0.15, 0.2) is 41.3 Å². The summed E-state index contributed by atoms with van der Waals surface area (Å²) in [5.74, 6) is 0.854. The minimum absolute atomic E-state index is 0.0797. The van der Waals surface area contributed by atoms with E-state index in [1.807, 2.05) is 0 Å². The number of benzene rings is 1. The molecule has 1 aromatic heterocycles. The Bertz CT molecular complexity index is 713. The quantitative estimate of drug-likeness (QED) is 0.648. The molecule has 20 heavy (non-hydrogen) atoms. The Labute approximate surface area is 116 Å². The second-order valence-corrected chi connectivity index (χ2v) is 5.77. The minimum Gasteiger partial charge on any atom is -0.396 e. The summed E-state index contributed by atoms with van der Waals surface area (Å²) in [6.45, 7) is 0.473. The second-order valence-electron chi connectivity index (χ2n) is 4.21. The summed E-state index contributed by atoms with van der Waals surface area (Å²) in [5, 5.41) is 8.08. The maximum atomic E-state index is 11.1. The summed E-state index contributed by atoms with van der Waals surface area (Å²) in [4.78, 5) is 4.15. The molecule has 8 heteroatoms. The summed E-state index contributed by atoms with van der Waals surface area (Å²) < 4.78 is 22.2. The van der Waals surface area contributed by atoms with Crippen molar-refractivity contribution in [3.8, 4) is 0 Å². The molecule has 106 valence electrons. The Hall–Kier alpha value is -2.32. The number of hydrogen-bond acceptors (Lipinski definition) is 6. The third kappa shape index (κ3) is 3.37. The van der Waals surface area contributed by atoms with Gasteiger partial charge in [0.2, 0.25) is 10.0 Å². The Balaban J connectivity index is 2.06. The van der Waals surface area contributed by atoms with Crippen molar-refractivity contribution in [2.45, 2.75) is 11.4 Å². The van der Waals surface area contributed by atoms with Crippen LogP contribution in [0.5, 0.6) is 0 Å². The van der Waals surface area contributed by atoms with E-state index in [2.05, 4.69) is 10.3 Å². The molecule has 1 aromatic carbocycles. The predicted octanol–water partition coefficient (Wildman–Crippen LogP) is 0.506. The maximum Gasteiger partial charge on any atom is 0.238 e. The highest BCUT2D eigenvalue weighted by molar-refractivity contribution is 7.89. The first-order valence-electron chi connectivity index (χ1n) is 5.74. The molecule has 0 atom stereocenters. The highest BCUT2D eigenvalue weighted by atomic mass is 32.2. The van der Waals surface area contributed by atoms with Gasteiger partial charge in [-0.1, -0.05) is 12.1 Å². The average molecular weight is 293 g/mol. The zero-order valence-corrected chi connectivity index (χ0v) is 11.4. The molecule has 0 aliphatic carbocycles. The lowest BCUT2D eigenvalue weighted by Crippen LogP contribution is -2.12. The molecule has 0 saturated carbocycles. The lowest BCUT2D eigenvalue weighted by Gasteiger charge is -2.08. The van der Waals surface area contributed by atoms with Crippen LogP contribution in [0.2, 0.25) is 0 Å². The molecule has 7 nitrogen and oxygen atoms in total. The molecule has 7 N–H and O–H groups in total. The molecular weight excluding hydrogens is 278 g/mol. The third-order valence-corrected chi connectivity index (χ3v) is 3.61. The molecule has 0 fully saturated rings. The number of hydrogen-bond donors (Lipinski definition) is 4. The molecule has 2 aromatic rings. The van der Waals surface area contributed by atoms with Crippen molar-refractivity contribution in [3.05, 3.63) is 42.0 Å². The van der Waals surface area contributed by atoms with E-state index in [4.69, 9.17) is 16.6 Å². The third-order valence-electron chi connectivity index (χ3n) is 2.68. The first-order valence-corrected chi connectivity index (χ1v) is 7.28. The van der Waals surface area contributed by atoms with Crippen molar-refractivity contribution in [1.82, 2.24) is 4.98 Å². The number of primary sulfonamides is 1. The minimum atomic E-state index is -3.66. The summed E-state index contributed by atoms with van der Waals surface area (Å²) in [7, 11) is -3.66. The van der Waals surface area contributed by atoms with E-state index in [-0.39, 0.29) is 10.7 Å². The second kappa shape index (κ2) is 5.35. The zero-order chi connectivity index (χ0) is 14.8. The van der Waals surface area contributed by atoms with Crippen molar-refractivity contribution < 1.29 is 8.42 Å². The summed E-state index contributed by atoms with van der Waals surface area (Å²) in [6.07, 6.45) is 0. The molecule has 0 aliphatic rings. The van der Waals surface area contributed by atoms with Gasteiger partial charge in [0.25, 0.3) is 0 Å². The van der Waals surface area contributed by atoms with Crippen LogP contribution in [0.4, 0.5) is 17.3 Å². The molecule has 1 heterocycles. The van der Waals surface area contributed by atoms with Gasteiger partial charge in [0.05, 0.1) is 10.6 Å². The molecule has 2 rings (SSSR count). The lowest BCUT2D eigenvalue weighted by molar-refractivity contribution is 0.598. The van der Waals surface area contributed by atoms with E-state index in [0.717, 1.165) is 5.56 Å². The first-order chi connectivity index (χ1) is 9.36. The van der Waals surface area contributed by atoms with Gasteiger partial charge in [-0.15, -0.1) is 0 Å². The topological polar surface area (TPSA) is 137 Å². The fourth-order valence-corrected chi connectivity index (χ4v) is 2.09. The molecular formula is C12H15N5O2S. The Kier molecular flexibility index (Phi) is 3.77. The molecule has 0 saturated heterocycles. The van der Waals surface area contributed by atoms with Gasteiger partial charge in [-0.3, -0.25) is 0 Å². The van der Waals surface area contributed by atoms with Crippen LogP contribution in [0.25, 0.3) is 0 Å². The van der Waals surface area contributed by atoms with E-state index < -0.39 is 10.0 Å². The standard InChI is InChI=1S/C12H15N5O2S/c13-10-5-6-11(17-12(10)14)16-7-8-1-3-9(4-2-8)20(15,18)19/h1-6H,7,13H2,(H3,14,16,17)(H2,15,18,19). The number of aromatic nitrogens is 1. The van der Waals surface area contributed by atoms with Gasteiger partial charge in [-0.05, 0) is 29.8 Å². The van der Waals surface area contributed by atoms with E-state index in [1.54, 1.807) is 24.3 Å². The number of sulfonamides is 1. The van der Waals surface area contributed by atoms with E-state index in [1.165, 1.54) is 12.1 Å². The average Bonchev–Trinajstić information content (AvgIpc) is 2.40. The summed E-state index contributed by atoms with van der Waals surface area (Å²) >= 11 is 0. The maximum absolute atomic E-state index is 11.1. The highest BCUT2D eigenvalue weighted by Gasteiger charge is 2.06. The van der Waals surface area contributed by atoms with Crippen LogP contribution in [-0.4, -0.2) is 13.4 Å². The number of pyridine rings is 1. The predicted molar refractivity (Wildman–Crippen MR) is 78.2 cm³/mol. The van der Waals surface area contributed by atoms with Gasteiger partial charge >= 0.3 is 0 Å². The number of nitrogens with zero attached hydrogens (tertiary/aromatic N) is 1. The normalized spacial score (nSPS) is 11.2. The van der Waals surface area contributed by atoms with Gasteiger partial charge in [0, 0.05) is 6.54 Å². The van der Waals surface area contributed by atoms with Crippen molar-refractivity contribution in [2.75, 3.05) is 16.8 Å². The molecule has 0 radical (unpaired) electrons. The van der Waals surface area contributed by atoms with Crippen LogP contribution in [0.3, 0.4) is 0 Å². The Morgan fingerprint density at radius 2 is 1.70 bits per heavy atom. The number of nitrogens with one attached hydrogen (secondary N) is 1. The highest BCUT2D eigenvalue weighted by Crippen LogP contribution is 2.16. The number of rotatable bonds is 4.